The van der Waals surface area contributed by atoms with Crippen LogP contribution in [0, 0.1) is 10.1 Å². The molecule has 1 aromatic heterocycles. The zero-order valence-electron chi connectivity index (χ0n) is 14.7. The summed E-state index contributed by atoms with van der Waals surface area (Å²) in [6.45, 7) is 0.659. The molecule has 0 radical (unpaired) electrons. The smallest absolute Gasteiger partial charge is 0.353 e. The van der Waals surface area contributed by atoms with Gasteiger partial charge >= 0.3 is 5.69 Å². The van der Waals surface area contributed by atoms with E-state index in [-0.39, 0.29) is 16.7 Å². The Kier molecular flexibility index (Phi) is 6.19. The highest BCUT2D eigenvalue weighted by atomic mass is 16.6. The monoisotopic (exact) mass is 345 g/mol. The Balaban J connectivity index is 1.66. The van der Waals surface area contributed by atoms with Gasteiger partial charge in [0.15, 0.2) is 0 Å². The van der Waals surface area contributed by atoms with Crippen molar-refractivity contribution in [3.63, 3.8) is 0 Å². The first-order valence-electron chi connectivity index (χ1n) is 9.42. The van der Waals surface area contributed by atoms with E-state index in [0.717, 1.165) is 44.9 Å². The molecule has 1 saturated carbocycles. The fraction of sp³-hybridized carbons (Fsp3) is 0.667. The molecule has 0 atom stereocenters. The van der Waals surface area contributed by atoms with Crippen molar-refractivity contribution in [2.75, 3.05) is 17.2 Å². The molecule has 1 heterocycles. The Morgan fingerprint density at radius 2 is 1.92 bits per heavy atom. The first-order chi connectivity index (χ1) is 12.2. The van der Waals surface area contributed by atoms with Crippen molar-refractivity contribution < 1.29 is 4.92 Å². The zero-order valence-corrected chi connectivity index (χ0v) is 14.7. The first-order valence-corrected chi connectivity index (χ1v) is 9.42. The lowest BCUT2D eigenvalue weighted by atomic mass is 9.95. The van der Waals surface area contributed by atoms with Gasteiger partial charge in [-0.05, 0) is 44.9 Å². The van der Waals surface area contributed by atoms with E-state index in [0.29, 0.717) is 18.2 Å². The molecule has 2 aliphatic rings. The largest absolute Gasteiger partial charge is 0.364 e. The molecule has 136 valence electrons. The minimum atomic E-state index is -0.382. The molecule has 7 heteroatoms. The van der Waals surface area contributed by atoms with E-state index in [4.69, 9.17) is 0 Å². The van der Waals surface area contributed by atoms with Crippen LogP contribution in [0.1, 0.15) is 64.2 Å². The van der Waals surface area contributed by atoms with Gasteiger partial charge in [0, 0.05) is 12.6 Å². The van der Waals surface area contributed by atoms with E-state index in [1.165, 1.54) is 31.2 Å². The van der Waals surface area contributed by atoms with Crippen LogP contribution in [0.5, 0.6) is 0 Å². The highest BCUT2D eigenvalue weighted by Gasteiger charge is 2.25. The second kappa shape index (κ2) is 8.78. The molecular weight excluding hydrogens is 318 g/mol. The Bertz CT molecular complexity index is 626. The molecule has 1 aromatic rings. The molecule has 3 rings (SSSR count). The highest BCUT2D eigenvalue weighted by Crippen LogP contribution is 2.31. The molecule has 2 N–H and O–H groups in total. The maximum absolute atomic E-state index is 11.6. The van der Waals surface area contributed by atoms with Crippen LogP contribution in [-0.2, 0) is 0 Å². The lowest BCUT2D eigenvalue weighted by molar-refractivity contribution is -0.383. The van der Waals surface area contributed by atoms with E-state index in [2.05, 4.69) is 26.7 Å². The average molecular weight is 345 g/mol. The van der Waals surface area contributed by atoms with Gasteiger partial charge in [0.1, 0.15) is 6.33 Å². The van der Waals surface area contributed by atoms with Gasteiger partial charge in [-0.2, -0.15) is 0 Å². The third-order valence-electron chi connectivity index (χ3n) is 5.07. The number of rotatable bonds is 7. The second-order valence-corrected chi connectivity index (χ2v) is 6.94. The summed E-state index contributed by atoms with van der Waals surface area (Å²) in [5.74, 6) is 0.654. The molecule has 0 spiro atoms. The molecule has 1 fully saturated rings. The van der Waals surface area contributed by atoms with Crippen molar-refractivity contribution in [2.24, 2.45) is 0 Å². The summed E-state index contributed by atoms with van der Waals surface area (Å²) in [6.07, 6.45) is 15.1. The van der Waals surface area contributed by atoms with Crippen LogP contribution in [0.3, 0.4) is 0 Å². The SMILES string of the molecule is O=[N+]([O-])c1c(NCCC2=CCCCC2)ncnc1NC1CCCCC1. The molecular formula is C18H27N5O2. The molecule has 0 bridgehead atoms. The molecule has 0 saturated heterocycles. The summed E-state index contributed by atoms with van der Waals surface area (Å²) >= 11 is 0. The summed E-state index contributed by atoms with van der Waals surface area (Å²) in [6, 6.07) is 0.266. The lowest BCUT2D eigenvalue weighted by Crippen LogP contribution is -2.24. The van der Waals surface area contributed by atoms with Gasteiger partial charge in [0.05, 0.1) is 4.92 Å². The van der Waals surface area contributed by atoms with E-state index >= 15 is 0 Å². The van der Waals surface area contributed by atoms with Gasteiger partial charge < -0.3 is 10.6 Å². The van der Waals surface area contributed by atoms with Crippen LogP contribution in [-0.4, -0.2) is 27.5 Å². The van der Waals surface area contributed by atoms with Crippen molar-refractivity contribution in [3.05, 3.63) is 28.1 Å². The minimum Gasteiger partial charge on any atom is -0.364 e. The fourth-order valence-electron chi connectivity index (χ4n) is 3.70. The maximum atomic E-state index is 11.6. The van der Waals surface area contributed by atoms with Gasteiger partial charge in [0.2, 0.25) is 11.6 Å². The molecule has 25 heavy (non-hydrogen) atoms. The number of aromatic nitrogens is 2. The first kappa shape index (κ1) is 17.6. The Labute approximate surface area is 148 Å². The molecule has 0 aliphatic heterocycles. The third kappa shape index (κ3) is 4.90. The van der Waals surface area contributed by atoms with Crippen molar-refractivity contribution in [1.29, 1.82) is 0 Å². The highest BCUT2D eigenvalue weighted by molar-refractivity contribution is 5.69. The van der Waals surface area contributed by atoms with Crippen LogP contribution in [0.2, 0.25) is 0 Å². The molecule has 0 aromatic carbocycles. The van der Waals surface area contributed by atoms with Gasteiger partial charge in [-0.3, -0.25) is 10.1 Å². The average Bonchev–Trinajstić information content (AvgIpc) is 2.63. The van der Waals surface area contributed by atoms with Crippen LogP contribution in [0.25, 0.3) is 0 Å². The molecule has 0 amide bonds. The van der Waals surface area contributed by atoms with Gasteiger partial charge in [-0.1, -0.05) is 30.9 Å². The predicted octanol–water partition coefficient (Wildman–Crippen LogP) is 4.43. The third-order valence-corrected chi connectivity index (χ3v) is 5.07. The quantitative estimate of drug-likeness (QED) is 0.431. The van der Waals surface area contributed by atoms with Crippen molar-refractivity contribution in [1.82, 2.24) is 9.97 Å². The topological polar surface area (TPSA) is 93.0 Å². The van der Waals surface area contributed by atoms with Crippen molar-refractivity contribution in [3.8, 4) is 0 Å². The normalized spacial score (nSPS) is 18.5. The summed E-state index contributed by atoms with van der Waals surface area (Å²) in [5, 5.41) is 18.0. The van der Waals surface area contributed by atoms with Gasteiger partial charge in [-0.25, -0.2) is 9.97 Å². The lowest BCUT2D eigenvalue weighted by Gasteiger charge is -2.23. The summed E-state index contributed by atoms with van der Waals surface area (Å²) in [4.78, 5) is 19.5. The number of nitrogens with zero attached hydrogens (tertiary/aromatic N) is 3. The molecule has 7 nitrogen and oxygen atoms in total. The number of nitro groups is 1. The van der Waals surface area contributed by atoms with Crippen LogP contribution in [0.4, 0.5) is 17.3 Å². The fourth-order valence-corrected chi connectivity index (χ4v) is 3.70. The maximum Gasteiger partial charge on any atom is 0.353 e. The van der Waals surface area contributed by atoms with Gasteiger partial charge in [-0.15, -0.1) is 0 Å². The number of hydrogen-bond acceptors (Lipinski definition) is 6. The van der Waals surface area contributed by atoms with Crippen molar-refractivity contribution >= 4 is 17.3 Å². The van der Waals surface area contributed by atoms with E-state index in [1.807, 2.05) is 0 Å². The van der Waals surface area contributed by atoms with Crippen LogP contribution in [0.15, 0.2) is 18.0 Å². The Morgan fingerprint density at radius 3 is 2.64 bits per heavy atom. The number of anilines is 2. The number of allylic oxidation sites excluding steroid dienone is 1. The van der Waals surface area contributed by atoms with E-state index < -0.39 is 0 Å². The number of nitrogens with one attached hydrogen (secondary N) is 2. The summed E-state index contributed by atoms with van der Waals surface area (Å²) < 4.78 is 0. The molecule has 0 unspecified atom stereocenters. The summed E-state index contributed by atoms with van der Waals surface area (Å²) in [5.41, 5.74) is 1.40. The Morgan fingerprint density at radius 1 is 1.12 bits per heavy atom. The van der Waals surface area contributed by atoms with E-state index in [1.54, 1.807) is 0 Å². The van der Waals surface area contributed by atoms with E-state index in [9.17, 15) is 10.1 Å². The van der Waals surface area contributed by atoms with Crippen LogP contribution >= 0.6 is 0 Å². The van der Waals surface area contributed by atoms with Gasteiger partial charge in [0.25, 0.3) is 0 Å². The summed E-state index contributed by atoms with van der Waals surface area (Å²) in [7, 11) is 0. The Hall–Kier alpha value is -2.18. The zero-order chi connectivity index (χ0) is 17.5. The molecule has 2 aliphatic carbocycles. The van der Waals surface area contributed by atoms with Crippen molar-refractivity contribution in [2.45, 2.75) is 70.3 Å². The second-order valence-electron chi connectivity index (χ2n) is 6.94. The van der Waals surface area contributed by atoms with Crippen LogP contribution < -0.4 is 10.6 Å². The minimum absolute atomic E-state index is 0.0364. The number of hydrogen-bond donors (Lipinski definition) is 2. The predicted molar refractivity (Wildman–Crippen MR) is 98.8 cm³/mol. The standard InChI is InChI=1S/C18H27N5O2/c24-23(25)16-17(19-12-11-14-7-3-1-4-8-14)20-13-21-18(16)22-15-9-5-2-6-10-15/h7,13,15H,1-6,8-12H2,(H2,19,20,21,22).